The Balaban J connectivity index is 1.67. The number of carbonyl (C=O) groups excluding carboxylic acids is 1. The van der Waals surface area contributed by atoms with E-state index in [1.807, 2.05) is 25.2 Å². The Morgan fingerprint density at radius 3 is 2.92 bits per heavy atom. The number of hydrogen-bond acceptors (Lipinski definition) is 3. The van der Waals surface area contributed by atoms with E-state index in [4.69, 9.17) is 5.73 Å². The fraction of sp³-hybridized carbons (Fsp3) is 0.200. The molecular formula is C20H20N4O. The number of aromatic nitrogens is 2. The maximum atomic E-state index is 12.7. The molecule has 0 bridgehead atoms. The standard InChI is InChI=1S/C20H20N4O/c1-23(19(25)11-9-14-8-10-18(21)22-13-14)20-15-5-2-3-6-16(15)24-12-4-7-17(20)24/h2-3,5-6,8-11,13H,4,7,12H2,1H3,(H2,21,22). The van der Waals surface area contributed by atoms with Gasteiger partial charge in [0.1, 0.15) is 5.82 Å². The lowest BCUT2D eigenvalue weighted by molar-refractivity contribution is -0.113. The van der Waals surface area contributed by atoms with Crippen molar-refractivity contribution >= 4 is 34.4 Å². The highest BCUT2D eigenvalue weighted by molar-refractivity contribution is 6.10. The molecule has 0 unspecified atom stereocenters. The summed E-state index contributed by atoms with van der Waals surface area (Å²) in [6.45, 7) is 1.02. The van der Waals surface area contributed by atoms with E-state index in [0.717, 1.165) is 36.0 Å². The van der Waals surface area contributed by atoms with E-state index in [2.05, 4.69) is 21.7 Å². The van der Waals surface area contributed by atoms with Crippen LogP contribution in [0.3, 0.4) is 0 Å². The fourth-order valence-electron chi connectivity index (χ4n) is 3.53. The topological polar surface area (TPSA) is 64.2 Å². The monoisotopic (exact) mass is 332 g/mol. The normalized spacial score (nSPS) is 13.5. The molecule has 0 atom stereocenters. The van der Waals surface area contributed by atoms with Crippen molar-refractivity contribution in [2.45, 2.75) is 19.4 Å². The lowest BCUT2D eigenvalue weighted by Gasteiger charge is -2.16. The third-order valence-corrected chi connectivity index (χ3v) is 4.74. The SMILES string of the molecule is CN(C(=O)C=Cc1ccc(N)nc1)c1c2n(c3ccccc13)CCC2. The summed E-state index contributed by atoms with van der Waals surface area (Å²) in [7, 11) is 1.84. The van der Waals surface area contributed by atoms with Gasteiger partial charge in [-0.2, -0.15) is 0 Å². The number of aryl methyl sites for hydroxylation is 1. The fourth-order valence-corrected chi connectivity index (χ4v) is 3.53. The highest BCUT2D eigenvalue weighted by Gasteiger charge is 2.24. The van der Waals surface area contributed by atoms with Gasteiger partial charge in [-0.05, 0) is 42.7 Å². The van der Waals surface area contributed by atoms with E-state index < -0.39 is 0 Å². The largest absolute Gasteiger partial charge is 0.384 e. The maximum Gasteiger partial charge on any atom is 0.250 e. The number of fused-ring (bicyclic) bond motifs is 3. The van der Waals surface area contributed by atoms with E-state index in [1.165, 1.54) is 11.2 Å². The number of amides is 1. The number of rotatable bonds is 3. The van der Waals surface area contributed by atoms with E-state index in [-0.39, 0.29) is 5.91 Å². The van der Waals surface area contributed by atoms with Crippen molar-refractivity contribution in [3.63, 3.8) is 0 Å². The van der Waals surface area contributed by atoms with Crippen LogP contribution in [-0.4, -0.2) is 22.5 Å². The highest BCUT2D eigenvalue weighted by atomic mass is 16.2. The summed E-state index contributed by atoms with van der Waals surface area (Å²) >= 11 is 0. The van der Waals surface area contributed by atoms with E-state index in [0.29, 0.717) is 5.82 Å². The van der Waals surface area contributed by atoms with E-state index >= 15 is 0 Å². The molecule has 2 aromatic heterocycles. The molecule has 4 rings (SSSR count). The van der Waals surface area contributed by atoms with Crippen molar-refractivity contribution in [1.29, 1.82) is 0 Å². The molecule has 1 aliphatic rings. The van der Waals surface area contributed by atoms with Crippen molar-refractivity contribution in [1.82, 2.24) is 9.55 Å². The Morgan fingerprint density at radius 1 is 1.28 bits per heavy atom. The van der Waals surface area contributed by atoms with Gasteiger partial charge < -0.3 is 15.2 Å². The van der Waals surface area contributed by atoms with Gasteiger partial charge in [-0.25, -0.2) is 4.98 Å². The predicted octanol–water partition coefficient (Wildman–Crippen LogP) is 3.24. The number of para-hydroxylation sites is 1. The Labute approximate surface area is 146 Å². The number of benzene rings is 1. The zero-order valence-electron chi connectivity index (χ0n) is 14.1. The van der Waals surface area contributed by atoms with Crippen LogP contribution in [-0.2, 0) is 17.8 Å². The molecule has 25 heavy (non-hydrogen) atoms. The smallest absolute Gasteiger partial charge is 0.250 e. The predicted molar refractivity (Wildman–Crippen MR) is 101 cm³/mol. The van der Waals surface area contributed by atoms with Gasteiger partial charge in [0.2, 0.25) is 0 Å². The van der Waals surface area contributed by atoms with Gasteiger partial charge in [-0.3, -0.25) is 4.79 Å². The summed E-state index contributed by atoms with van der Waals surface area (Å²) in [4.78, 5) is 18.5. The average molecular weight is 332 g/mol. The first-order valence-corrected chi connectivity index (χ1v) is 8.42. The van der Waals surface area contributed by atoms with Crippen LogP contribution < -0.4 is 10.6 Å². The van der Waals surface area contributed by atoms with E-state index in [1.54, 1.807) is 29.3 Å². The number of hydrogen-bond donors (Lipinski definition) is 1. The van der Waals surface area contributed by atoms with Gasteiger partial charge in [-0.1, -0.05) is 18.2 Å². The van der Waals surface area contributed by atoms with Gasteiger partial charge in [0.05, 0.1) is 11.2 Å². The van der Waals surface area contributed by atoms with Crippen LogP contribution in [0.1, 0.15) is 17.7 Å². The van der Waals surface area contributed by atoms with Crippen LogP contribution in [0.4, 0.5) is 11.5 Å². The molecular weight excluding hydrogens is 312 g/mol. The van der Waals surface area contributed by atoms with Crippen LogP contribution in [0.5, 0.6) is 0 Å². The molecule has 5 heteroatoms. The number of pyridine rings is 1. The van der Waals surface area contributed by atoms with Crippen molar-refractivity contribution in [2.24, 2.45) is 0 Å². The molecule has 3 aromatic rings. The maximum absolute atomic E-state index is 12.7. The van der Waals surface area contributed by atoms with Crippen molar-refractivity contribution < 1.29 is 4.79 Å². The van der Waals surface area contributed by atoms with Crippen molar-refractivity contribution in [2.75, 3.05) is 17.7 Å². The first-order chi connectivity index (χ1) is 12.1. The summed E-state index contributed by atoms with van der Waals surface area (Å²) in [5, 5.41) is 1.13. The molecule has 2 N–H and O–H groups in total. The second-order valence-electron chi connectivity index (χ2n) is 6.31. The first-order valence-electron chi connectivity index (χ1n) is 8.42. The van der Waals surface area contributed by atoms with Crippen molar-refractivity contribution in [3.8, 4) is 0 Å². The van der Waals surface area contributed by atoms with Crippen molar-refractivity contribution in [3.05, 3.63) is 59.9 Å². The molecule has 126 valence electrons. The molecule has 0 radical (unpaired) electrons. The molecule has 0 fully saturated rings. The second kappa shape index (κ2) is 6.09. The molecule has 1 aromatic carbocycles. The quantitative estimate of drug-likeness (QED) is 0.749. The highest BCUT2D eigenvalue weighted by Crippen LogP contribution is 2.37. The third kappa shape index (κ3) is 2.67. The Hall–Kier alpha value is -3.08. The molecule has 5 nitrogen and oxygen atoms in total. The van der Waals surface area contributed by atoms with Crippen LogP contribution in [0, 0.1) is 0 Å². The number of carbonyl (C=O) groups is 1. The second-order valence-corrected chi connectivity index (χ2v) is 6.31. The zero-order valence-corrected chi connectivity index (χ0v) is 14.1. The molecule has 0 aliphatic carbocycles. The number of nitrogen functional groups attached to an aromatic ring is 1. The summed E-state index contributed by atoms with van der Waals surface area (Å²) in [6.07, 6.45) is 7.14. The van der Waals surface area contributed by atoms with Crippen LogP contribution in [0.25, 0.3) is 17.0 Å². The minimum Gasteiger partial charge on any atom is -0.384 e. The summed E-state index contributed by atoms with van der Waals surface area (Å²) in [6, 6.07) is 11.9. The molecule has 3 heterocycles. The molecule has 0 saturated heterocycles. The lowest BCUT2D eigenvalue weighted by atomic mass is 10.1. The van der Waals surface area contributed by atoms with Gasteiger partial charge in [-0.15, -0.1) is 0 Å². The van der Waals surface area contributed by atoms with Gasteiger partial charge in [0, 0.05) is 36.9 Å². The summed E-state index contributed by atoms with van der Waals surface area (Å²) < 4.78 is 2.34. The Morgan fingerprint density at radius 2 is 2.12 bits per heavy atom. The molecule has 1 amide bonds. The minimum atomic E-state index is -0.0529. The van der Waals surface area contributed by atoms with Crippen LogP contribution in [0.2, 0.25) is 0 Å². The van der Waals surface area contributed by atoms with Gasteiger partial charge in [0.15, 0.2) is 0 Å². The number of nitrogens with two attached hydrogens (primary N) is 1. The Bertz CT molecular complexity index is 969. The third-order valence-electron chi connectivity index (χ3n) is 4.74. The van der Waals surface area contributed by atoms with E-state index in [9.17, 15) is 4.79 Å². The number of anilines is 2. The zero-order chi connectivity index (χ0) is 17.4. The summed E-state index contributed by atoms with van der Waals surface area (Å²) in [5.41, 5.74) is 9.92. The number of nitrogens with zero attached hydrogens (tertiary/aromatic N) is 3. The molecule has 0 saturated carbocycles. The first kappa shape index (κ1) is 15.4. The van der Waals surface area contributed by atoms with Crippen LogP contribution in [0.15, 0.2) is 48.7 Å². The Kier molecular flexibility index (Phi) is 3.76. The van der Waals surface area contributed by atoms with Gasteiger partial charge in [0.25, 0.3) is 5.91 Å². The molecule has 0 spiro atoms. The minimum absolute atomic E-state index is 0.0529. The number of likely N-dealkylation sites (N-methyl/N-ethyl adjacent to an activating group) is 1. The van der Waals surface area contributed by atoms with Gasteiger partial charge >= 0.3 is 0 Å². The van der Waals surface area contributed by atoms with Crippen LogP contribution >= 0.6 is 0 Å². The lowest BCUT2D eigenvalue weighted by Crippen LogP contribution is -2.24. The molecule has 1 aliphatic heterocycles. The average Bonchev–Trinajstić information content (AvgIpc) is 3.21. The summed E-state index contributed by atoms with van der Waals surface area (Å²) in [5.74, 6) is 0.416.